The topological polar surface area (TPSA) is 79.2 Å². The summed E-state index contributed by atoms with van der Waals surface area (Å²) in [7, 11) is 0. The van der Waals surface area contributed by atoms with E-state index in [0.717, 1.165) is 36.3 Å². The van der Waals surface area contributed by atoms with E-state index in [2.05, 4.69) is 18.7 Å². The van der Waals surface area contributed by atoms with Crippen LogP contribution in [0.4, 0.5) is 0 Å². The van der Waals surface area contributed by atoms with E-state index < -0.39 is 5.97 Å². The van der Waals surface area contributed by atoms with Crippen LogP contribution in [0.1, 0.15) is 54.3 Å². The van der Waals surface area contributed by atoms with E-state index in [-0.39, 0.29) is 35.5 Å². The summed E-state index contributed by atoms with van der Waals surface area (Å²) >= 11 is 0. The molecule has 3 aliphatic rings. The second-order valence-corrected chi connectivity index (χ2v) is 9.20. The SMILES string of the molecule is CC1(C)Oc2ccc(O)cc2[C@H]2O[C@H]3CCN(Cc4cccc(C(=O)O)c4)[C@@H]3C[C@@H]21. The van der Waals surface area contributed by atoms with Crippen molar-refractivity contribution >= 4 is 5.97 Å². The second kappa shape index (κ2) is 7.00. The van der Waals surface area contributed by atoms with Gasteiger partial charge in [0.1, 0.15) is 17.1 Å². The lowest BCUT2D eigenvalue weighted by Gasteiger charge is -2.50. The average molecular weight is 409 g/mol. The Morgan fingerprint density at radius 1 is 1.23 bits per heavy atom. The molecule has 158 valence electrons. The summed E-state index contributed by atoms with van der Waals surface area (Å²) in [5, 5.41) is 19.3. The van der Waals surface area contributed by atoms with Crippen LogP contribution in [-0.4, -0.2) is 45.4 Å². The normalized spacial score (nSPS) is 29.4. The van der Waals surface area contributed by atoms with Crippen LogP contribution in [-0.2, 0) is 11.3 Å². The molecule has 5 rings (SSSR count). The molecule has 0 aromatic heterocycles. The van der Waals surface area contributed by atoms with Gasteiger partial charge in [-0.3, -0.25) is 4.90 Å². The Morgan fingerprint density at radius 2 is 2.07 bits per heavy atom. The summed E-state index contributed by atoms with van der Waals surface area (Å²) in [6.07, 6.45) is 1.92. The molecule has 3 aliphatic heterocycles. The molecule has 0 aliphatic carbocycles. The molecule has 0 unspecified atom stereocenters. The maximum Gasteiger partial charge on any atom is 0.335 e. The Labute approximate surface area is 176 Å². The third-order valence-corrected chi connectivity index (χ3v) is 6.91. The first-order valence-electron chi connectivity index (χ1n) is 10.6. The number of hydrogen-bond donors (Lipinski definition) is 2. The van der Waals surface area contributed by atoms with Gasteiger partial charge >= 0.3 is 5.97 Å². The summed E-state index contributed by atoms with van der Waals surface area (Å²) < 4.78 is 12.9. The van der Waals surface area contributed by atoms with Gasteiger partial charge in [-0.25, -0.2) is 4.79 Å². The first-order valence-corrected chi connectivity index (χ1v) is 10.6. The van der Waals surface area contributed by atoms with Crippen molar-refractivity contribution in [1.29, 1.82) is 0 Å². The van der Waals surface area contributed by atoms with Crippen LogP contribution in [0.3, 0.4) is 0 Å². The molecule has 0 bridgehead atoms. The molecule has 0 saturated carbocycles. The number of nitrogens with zero attached hydrogens (tertiary/aromatic N) is 1. The highest BCUT2D eigenvalue weighted by Gasteiger charge is 2.53. The van der Waals surface area contributed by atoms with Crippen molar-refractivity contribution in [2.45, 2.75) is 57.1 Å². The zero-order valence-electron chi connectivity index (χ0n) is 17.2. The van der Waals surface area contributed by atoms with Crippen molar-refractivity contribution in [3.8, 4) is 11.5 Å². The van der Waals surface area contributed by atoms with Crippen LogP contribution in [0, 0.1) is 5.92 Å². The number of phenolic OH excluding ortho intramolecular Hbond substituents is 1. The predicted molar refractivity (Wildman–Crippen MR) is 111 cm³/mol. The van der Waals surface area contributed by atoms with Gasteiger partial charge in [-0.05, 0) is 62.6 Å². The third kappa shape index (κ3) is 3.24. The number of carboxylic acids is 1. The quantitative estimate of drug-likeness (QED) is 0.798. The van der Waals surface area contributed by atoms with Gasteiger partial charge in [-0.2, -0.15) is 0 Å². The molecule has 0 spiro atoms. The smallest absolute Gasteiger partial charge is 0.335 e. The molecule has 0 radical (unpaired) electrons. The Bertz CT molecular complexity index is 987. The first kappa shape index (κ1) is 19.4. The number of carboxylic acid groups (broad SMARTS) is 1. The maximum absolute atomic E-state index is 11.3. The molecule has 3 heterocycles. The van der Waals surface area contributed by atoms with E-state index in [0.29, 0.717) is 12.1 Å². The highest BCUT2D eigenvalue weighted by molar-refractivity contribution is 5.87. The van der Waals surface area contributed by atoms with Crippen LogP contribution < -0.4 is 4.74 Å². The number of ether oxygens (including phenoxy) is 2. The van der Waals surface area contributed by atoms with E-state index in [4.69, 9.17) is 9.47 Å². The second-order valence-electron chi connectivity index (χ2n) is 9.20. The van der Waals surface area contributed by atoms with E-state index in [1.165, 1.54) is 0 Å². The van der Waals surface area contributed by atoms with Crippen molar-refractivity contribution in [3.05, 3.63) is 59.2 Å². The molecule has 6 nitrogen and oxygen atoms in total. The van der Waals surface area contributed by atoms with Crippen LogP contribution in [0.25, 0.3) is 0 Å². The molecule has 2 saturated heterocycles. The maximum atomic E-state index is 11.3. The molecule has 0 amide bonds. The monoisotopic (exact) mass is 409 g/mol. The molecule has 4 atom stereocenters. The van der Waals surface area contributed by atoms with Crippen LogP contribution in [0.5, 0.6) is 11.5 Å². The average Bonchev–Trinajstić information content (AvgIpc) is 3.09. The minimum Gasteiger partial charge on any atom is -0.508 e. The number of rotatable bonds is 3. The zero-order valence-corrected chi connectivity index (χ0v) is 17.2. The number of aromatic carboxylic acids is 1. The molecule has 30 heavy (non-hydrogen) atoms. The van der Waals surface area contributed by atoms with Crippen LogP contribution >= 0.6 is 0 Å². The number of phenols is 1. The Morgan fingerprint density at radius 3 is 2.87 bits per heavy atom. The molecular formula is C24H27NO5. The van der Waals surface area contributed by atoms with Crippen molar-refractivity contribution in [2.24, 2.45) is 5.92 Å². The van der Waals surface area contributed by atoms with Gasteiger partial charge in [0.15, 0.2) is 0 Å². The summed E-state index contributed by atoms with van der Waals surface area (Å²) in [5.41, 5.74) is 1.88. The van der Waals surface area contributed by atoms with Crippen LogP contribution in [0.2, 0.25) is 0 Å². The first-order chi connectivity index (χ1) is 14.3. The van der Waals surface area contributed by atoms with Gasteiger partial charge in [-0.15, -0.1) is 0 Å². The standard InChI is InChI=1S/C24H27NO5/c1-24(2)18-12-19-21(29-22(18)17-11-16(26)6-7-20(17)30-24)8-9-25(19)13-14-4-3-5-15(10-14)23(27)28/h3-7,10-11,18-19,21-22,26H,8-9,12-13H2,1-2H3,(H,27,28)/t18-,19+,21-,22+/m0/s1. The van der Waals surface area contributed by atoms with E-state index in [1.807, 2.05) is 12.1 Å². The number of fused-ring (bicyclic) bond motifs is 4. The highest BCUT2D eigenvalue weighted by Crippen LogP contribution is 2.53. The molecule has 2 aromatic carbocycles. The number of benzene rings is 2. The van der Waals surface area contributed by atoms with Crippen molar-refractivity contribution in [1.82, 2.24) is 4.90 Å². The van der Waals surface area contributed by atoms with Gasteiger partial charge in [-0.1, -0.05) is 12.1 Å². The van der Waals surface area contributed by atoms with Gasteiger partial charge in [0.2, 0.25) is 0 Å². The Balaban J connectivity index is 1.40. The predicted octanol–water partition coefficient (Wildman–Crippen LogP) is 3.98. The number of aromatic hydroxyl groups is 1. The third-order valence-electron chi connectivity index (χ3n) is 6.91. The van der Waals surface area contributed by atoms with E-state index in [9.17, 15) is 15.0 Å². The molecule has 2 aromatic rings. The van der Waals surface area contributed by atoms with Crippen molar-refractivity contribution < 1.29 is 24.5 Å². The Hall–Kier alpha value is -2.57. The van der Waals surface area contributed by atoms with Crippen molar-refractivity contribution in [2.75, 3.05) is 6.54 Å². The minimum absolute atomic E-state index is 0.0904. The molecule has 6 heteroatoms. The fourth-order valence-electron chi connectivity index (χ4n) is 5.40. The number of hydrogen-bond acceptors (Lipinski definition) is 5. The molecule has 2 fully saturated rings. The summed E-state index contributed by atoms with van der Waals surface area (Å²) in [4.78, 5) is 13.7. The molecule has 2 N–H and O–H groups in total. The summed E-state index contributed by atoms with van der Waals surface area (Å²) in [5.74, 6) is 0.285. The summed E-state index contributed by atoms with van der Waals surface area (Å²) in [6.45, 7) is 5.85. The van der Waals surface area contributed by atoms with E-state index >= 15 is 0 Å². The number of carbonyl (C=O) groups is 1. The van der Waals surface area contributed by atoms with Gasteiger partial charge in [0.05, 0.1) is 17.8 Å². The van der Waals surface area contributed by atoms with Crippen LogP contribution in [0.15, 0.2) is 42.5 Å². The molecular weight excluding hydrogens is 382 g/mol. The minimum atomic E-state index is -0.900. The Kier molecular flexibility index (Phi) is 4.52. The lowest BCUT2D eigenvalue weighted by Crippen LogP contribution is -2.53. The fraction of sp³-hybridized carbons (Fsp3) is 0.458. The van der Waals surface area contributed by atoms with Gasteiger partial charge in [0.25, 0.3) is 0 Å². The largest absolute Gasteiger partial charge is 0.508 e. The number of likely N-dealkylation sites (tertiary alicyclic amines) is 1. The van der Waals surface area contributed by atoms with E-state index in [1.54, 1.807) is 30.3 Å². The van der Waals surface area contributed by atoms with Gasteiger partial charge < -0.3 is 19.7 Å². The zero-order chi connectivity index (χ0) is 21.0. The van der Waals surface area contributed by atoms with Crippen molar-refractivity contribution in [3.63, 3.8) is 0 Å². The highest BCUT2D eigenvalue weighted by atomic mass is 16.5. The van der Waals surface area contributed by atoms with Gasteiger partial charge in [0, 0.05) is 30.6 Å². The lowest BCUT2D eigenvalue weighted by atomic mass is 9.74. The fourth-order valence-corrected chi connectivity index (χ4v) is 5.40. The summed E-state index contributed by atoms with van der Waals surface area (Å²) in [6, 6.07) is 12.7. The lowest BCUT2D eigenvalue weighted by molar-refractivity contribution is -0.162.